The van der Waals surface area contributed by atoms with Gasteiger partial charge in [-0.3, -0.25) is 9.98 Å². The molecule has 2 aromatic carbocycles. The average Bonchev–Trinajstić information content (AvgIpc) is 2.61. The second kappa shape index (κ2) is 11.0. The first-order chi connectivity index (χ1) is 11.7. The molecule has 0 heterocycles. The Morgan fingerprint density at radius 2 is 1.12 bits per heavy atom. The van der Waals surface area contributed by atoms with Crippen molar-refractivity contribution < 1.29 is 40.0 Å². The van der Waals surface area contributed by atoms with Gasteiger partial charge in [0.2, 0.25) is 0 Å². The predicted molar refractivity (Wildman–Crippen MR) is 97.4 cm³/mol. The van der Waals surface area contributed by atoms with Gasteiger partial charge >= 0.3 is 0 Å². The van der Waals surface area contributed by atoms with Gasteiger partial charge in [-0.25, -0.2) is 0 Å². The van der Waals surface area contributed by atoms with E-state index in [1.807, 2.05) is 24.3 Å². The molecule has 1 aliphatic rings. The quantitative estimate of drug-likeness (QED) is 0.738. The van der Waals surface area contributed by atoms with Gasteiger partial charge in [0, 0.05) is 40.9 Å². The van der Waals surface area contributed by atoms with Crippen LogP contribution in [0.3, 0.4) is 0 Å². The number of hydrogen-bond donors (Lipinski definition) is 2. The van der Waals surface area contributed by atoms with Crippen LogP contribution < -0.4 is 12.4 Å². The van der Waals surface area contributed by atoms with E-state index in [1.54, 1.807) is 36.7 Å². The second-order valence-electron chi connectivity index (χ2n) is 6.09. The molecule has 2 aromatic rings. The van der Waals surface area contributed by atoms with Crippen LogP contribution in [-0.2, 0) is 17.4 Å². The van der Waals surface area contributed by atoms with E-state index in [0.717, 1.165) is 36.8 Å². The van der Waals surface area contributed by atoms with E-state index in [1.165, 1.54) is 0 Å². The number of aliphatic imine (C=N–C) groups is 2. The molecule has 26 heavy (non-hydrogen) atoms. The molecule has 0 unspecified atom stereocenters. The van der Waals surface area contributed by atoms with Gasteiger partial charge in [-0.05, 0) is 37.1 Å². The van der Waals surface area contributed by atoms with Gasteiger partial charge in [-0.1, -0.05) is 37.1 Å². The summed E-state index contributed by atoms with van der Waals surface area (Å²) >= 11 is 0. The third-order valence-corrected chi connectivity index (χ3v) is 4.38. The molecule has 1 aliphatic carbocycles. The summed E-state index contributed by atoms with van der Waals surface area (Å²) in [4.78, 5) is 9.34. The molecule has 0 aliphatic heterocycles. The van der Waals surface area contributed by atoms with Crippen molar-refractivity contribution in [3.63, 3.8) is 0 Å². The molecule has 0 spiro atoms. The summed E-state index contributed by atoms with van der Waals surface area (Å²) in [6.45, 7) is 0. The normalized spacial score (nSPS) is 19.8. The van der Waals surface area contributed by atoms with Crippen molar-refractivity contribution in [2.24, 2.45) is 9.98 Å². The Morgan fingerprint density at radius 1 is 0.731 bits per heavy atom. The number of aromatic hydroxyl groups is 2. The standard InChI is InChI=1S/C20H22N2O2.ClH.Cr/c23-19-11-5-1-7-15(19)13-21-17-9-3-4-10-18(17)22-14-16-8-2-6-12-20(16)24;;/h1-2,5-8,11-14,17-18,23-24H,3-4,9-10H2;1H;/p-1/t17-,18-;;/m1../s1. The Bertz CT molecular complexity index is 689. The summed E-state index contributed by atoms with van der Waals surface area (Å²) in [5.74, 6) is 0.484. The third-order valence-electron chi connectivity index (χ3n) is 4.38. The van der Waals surface area contributed by atoms with Gasteiger partial charge in [0.05, 0.1) is 12.1 Å². The van der Waals surface area contributed by atoms with E-state index in [-0.39, 0.29) is 53.4 Å². The van der Waals surface area contributed by atoms with Crippen LogP contribution >= 0.6 is 0 Å². The smallest absolute Gasteiger partial charge is 0.124 e. The van der Waals surface area contributed by atoms with Gasteiger partial charge in [-0.2, -0.15) is 0 Å². The van der Waals surface area contributed by atoms with Gasteiger partial charge < -0.3 is 22.6 Å². The zero-order chi connectivity index (χ0) is 16.8. The number of nitrogens with zero attached hydrogens (tertiary/aromatic N) is 2. The molecule has 6 heteroatoms. The topological polar surface area (TPSA) is 65.2 Å². The SMILES string of the molecule is Oc1ccccc1C=N[C@@H]1CCCC[C@H]1N=Cc1ccccc1O.[Cl-].[Cr]. The first-order valence-electron chi connectivity index (χ1n) is 8.36. The van der Waals surface area contributed by atoms with Crippen LogP contribution in [0.1, 0.15) is 36.8 Å². The van der Waals surface area contributed by atoms with E-state index in [9.17, 15) is 10.2 Å². The van der Waals surface area contributed by atoms with E-state index >= 15 is 0 Å². The number of phenolic OH excluding ortho intramolecular Hbond substituents is 2. The molecule has 0 radical (unpaired) electrons. The monoisotopic (exact) mass is 409 g/mol. The van der Waals surface area contributed by atoms with Crippen molar-refractivity contribution in [1.29, 1.82) is 0 Å². The first-order valence-corrected chi connectivity index (χ1v) is 8.36. The van der Waals surface area contributed by atoms with Crippen LogP contribution in [0.5, 0.6) is 11.5 Å². The third kappa shape index (κ3) is 5.88. The van der Waals surface area contributed by atoms with E-state index < -0.39 is 0 Å². The van der Waals surface area contributed by atoms with Crippen LogP contribution in [-0.4, -0.2) is 34.7 Å². The summed E-state index contributed by atoms with van der Waals surface area (Å²) in [6.07, 6.45) is 7.76. The summed E-state index contributed by atoms with van der Waals surface area (Å²) in [5, 5.41) is 19.7. The van der Waals surface area contributed by atoms with Gasteiger partial charge in [0.1, 0.15) is 11.5 Å². The number of para-hydroxylation sites is 2. The molecule has 0 amide bonds. The molecule has 2 N–H and O–H groups in total. The first kappa shape index (κ1) is 22.2. The van der Waals surface area contributed by atoms with Crippen LogP contribution in [0.15, 0.2) is 58.5 Å². The van der Waals surface area contributed by atoms with Crippen LogP contribution in [0, 0.1) is 0 Å². The average molecular weight is 410 g/mol. The fourth-order valence-electron chi connectivity index (χ4n) is 2.98. The van der Waals surface area contributed by atoms with Crippen molar-refractivity contribution >= 4 is 12.4 Å². The number of benzene rings is 2. The minimum absolute atomic E-state index is 0. The molecule has 3 rings (SSSR count). The predicted octanol–water partition coefficient (Wildman–Crippen LogP) is 0.948. The molecular weight excluding hydrogens is 388 g/mol. The van der Waals surface area contributed by atoms with Crippen LogP contribution in [0.2, 0.25) is 0 Å². The zero-order valence-electron chi connectivity index (χ0n) is 14.3. The summed E-state index contributed by atoms with van der Waals surface area (Å²) in [6, 6.07) is 14.6. The molecule has 1 saturated carbocycles. The minimum Gasteiger partial charge on any atom is -1.00 e. The summed E-state index contributed by atoms with van der Waals surface area (Å²) in [5.41, 5.74) is 1.46. The molecule has 0 bridgehead atoms. The van der Waals surface area contributed by atoms with Crippen molar-refractivity contribution in [1.82, 2.24) is 0 Å². The molecule has 4 nitrogen and oxygen atoms in total. The molecule has 138 valence electrons. The Balaban J connectivity index is 0.00000169. The Labute approximate surface area is 171 Å². The Kier molecular flexibility index (Phi) is 9.44. The number of halogens is 1. The van der Waals surface area contributed by atoms with E-state index in [4.69, 9.17) is 0 Å². The maximum Gasteiger partial charge on any atom is 0.124 e. The van der Waals surface area contributed by atoms with Crippen molar-refractivity contribution in [2.45, 2.75) is 37.8 Å². The number of phenols is 2. The maximum atomic E-state index is 9.84. The van der Waals surface area contributed by atoms with Crippen molar-refractivity contribution in [3.8, 4) is 11.5 Å². The summed E-state index contributed by atoms with van der Waals surface area (Å²) < 4.78 is 0. The zero-order valence-corrected chi connectivity index (χ0v) is 16.4. The van der Waals surface area contributed by atoms with Crippen molar-refractivity contribution in [3.05, 3.63) is 59.7 Å². The molecule has 2 atom stereocenters. The minimum atomic E-state index is 0. The largest absolute Gasteiger partial charge is 1.00 e. The Hall–Kier alpha value is -1.80. The maximum absolute atomic E-state index is 9.84. The molecule has 1 fully saturated rings. The van der Waals surface area contributed by atoms with Gasteiger partial charge in [0.25, 0.3) is 0 Å². The van der Waals surface area contributed by atoms with Gasteiger partial charge in [0.15, 0.2) is 0 Å². The summed E-state index contributed by atoms with van der Waals surface area (Å²) in [7, 11) is 0. The molecular formula is C20H22ClCrN2O2-. The fourth-order valence-corrected chi connectivity index (χ4v) is 2.98. The van der Waals surface area contributed by atoms with E-state index in [0.29, 0.717) is 0 Å². The second-order valence-corrected chi connectivity index (χ2v) is 6.09. The van der Waals surface area contributed by atoms with Crippen LogP contribution in [0.25, 0.3) is 0 Å². The fraction of sp³-hybridized carbons (Fsp3) is 0.300. The van der Waals surface area contributed by atoms with Crippen molar-refractivity contribution in [2.75, 3.05) is 0 Å². The number of rotatable bonds is 4. The number of hydrogen-bond acceptors (Lipinski definition) is 4. The van der Waals surface area contributed by atoms with Gasteiger partial charge in [-0.15, -0.1) is 0 Å². The molecule has 0 saturated heterocycles. The van der Waals surface area contributed by atoms with Crippen LogP contribution in [0.4, 0.5) is 0 Å². The molecule has 0 aromatic heterocycles. The Morgan fingerprint density at radius 3 is 1.50 bits per heavy atom. The van der Waals surface area contributed by atoms with E-state index in [2.05, 4.69) is 9.98 Å².